The second-order valence-corrected chi connectivity index (χ2v) is 2.85. The molecule has 74 valence electrons. The molecule has 14 heavy (non-hydrogen) atoms. The lowest BCUT2D eigenvalue weighted by atomic mass is 10.2. The van der Waals surface area contributed by atoms with E-state index < -0.39 is 10.7 Å². The molecule has 0 bridgehead atoms. The Morgan fingerprint density at radius 3 is 2.71 bits per heavy atom. The molecule has 0 saturated heterocycles. The van der Waals surface area contributed by atoms with E-state index in [9.17, 15) is 14.5 Å². The van der Waals surface area contributed by atoms with E-state index >= 15 is 0 Å². The van der Waals surface area contributed by atoms with Crippen LogP contribution in [0.15, 0.2) is 18.2 Å². The van der Waals surface area contributed by atoms with Crippen molar-refractivity contribution in [3.8, 4) is 0 Å². The van der Waals surface area contributed by atoms with Gasteiger partial charge in [-0.1, -0.05) is 0 Å². The molecular formula is C7H6FN3O2S. The maximum atomic E-state index is 13.1. The Labute approximate surface area is 83.9 Å². The number of nitrogens with one attached hydrogen (secondary N) is 1. The summed E-state index contributed by atoms with van der Waals surface area (Å²) in [5, 5.41) is 12.5. The predicted octanol–water partition coefficient (Wildman–Crippen LogP) is 1.39. The topological polar surface area (TPSA) is 81.2 Å². The number of halogens is 1. The minimum Gasteiger partial charge on any atom is -0.376 e. The number of benzene rings is 1. The molecule has 0 aliphatic carbocycles. The van der Waals surface area contributed by atoms with E-state index in [2.05, 4.69) is 17.5 Å². The Balaban J connectivity index is 3.01. The largest absolute Gasteiger partial charge is 0.376 e. The van der Waals surface area contributed by atoms with Gasteiger partial charge in [0, 0.05) is 6.07 Å². The van der Waals surface area contributed by atoms with Crippen molar-refractivity contribution in [3.63, 3.8) is 0 Å². The Bertz CT molecular complexity index is 397. The molecule has 0 amide bonds. The molecule has 5 nitrogen and oxygen atoms in total. The lowest BCUT2D eigenvalue weighted by Crippen LogP contribution is -2.19. The lowest BCUT2D eigenvalue weighted by molar-refractivity contribution is -0.385. The van der Waals surface area contributed by atoms with Crippen LogP contribution < -0.4 is 11.1 Å². The van der Waals surface area contributed by atoms with E-state index in [1.807, 2.05) is 0 Å². The van der Waals surface area contributed by atoms with Crippen LogP contribution in [0.25, 0.3) is 0 Å². The molecule has 1 aromatic carbocycles. The van der Waals surface area contributed by atoms with Crippen LogP contribution in [0.5, 0.6) is 0 Å². The second kappa shape index (κ2) is 3.97. The number of nitrogens with two attached hydrogens (primary N) is 1. The molecule has 0 radical (unpaired) electrons. The number of rotatable bonds is 2. The Morgan fingerprint density at radius 2 is 2.29 bits per heavy atom. The van der Waals surface area contributed by atoms with Gasteiger partial charge in [-0.2, -0.15) is 0 Å². The molecule has 0 atom stereocenters. The summed E-state index contributed by atoms with van der Waals surface area (Å²) in [6.45, 7) is 0. The van der Waals surface area contributed by atoms with Crippen LogP contribution in [0.3, 0.4) is 0 Å². The van der Waals surface area contributed by atoms with Gasteiger partial charge in [-0.05, 0) is 18.3 Å². The highest BCUT2D eigenvalue weighted by atomic mass is 32.1. The van der Waals surface area contributed by atoms with E-state index in [1.165, 1.54) is 6.07 Å². The number of hydrogen-bond donors (Lipinski definition) is 2. The van der Waals surface area contributed by atoms with E-state index in [1.54, 1.807) is 0 Å². The van der Waals surface area contributed by atoms with Crippen LogP contribution >= 0.6 is 12.2 Å². The van der Waals surface area contributed by atoms with Gasteiger partial charge < -0.3 is 11.1 Å². The molecule has 1 rings (SSSR count). The third-order valence-electron chi connectivity index (χ3n) is 1.42. The van der Waals surface area contributed by atoms with Crippen molar-refractivity contribution in [2.24, 2.45) is 5.73 Å². The number of thiocarbonyl (C=S) groups is 1. The van der Waals surface area contributed by atoms with Gasteiger partial charge in [-0.25, -0.2) is 4.39 Å². The molecule has 0 spiro atoms. The monoisotopic (exact) mass is 215 g/mol. The Kier molecular flexibility index (Phi) is 2.92. The van der Waals surface area contributed by atoms with Crippen LogP contribution in [0, 0.1) is 15.9 Å². The first kappa shape index (κ1) is 10.3. The van der Waals surface area contributed by atoms with Crippen LogP contribution in [-0.2, 0) is 0 Å². The quantitative estimate of drug-likeness (QED) is 0.442. The zero-order chi connectivity index (χ0) is 10.7. The van der Waals surface area contributed by atoms with E-state index in [0.717, 1.165) is 12.1 Å². The summed E-state index contributed by atoms with van der Waals surface area (Å²) in [5.41, 5.74) is 4.80. The molecule has 3 N–H and O–H groups in total. The molecule has 0 aromatic heterocycles. The fraction of sp³-hybridized carbons (Fsp3) is 0. The average molecular weight is 215 g/mol. The minimum absolute atomic E-state index is 0.0168. The van der Waals surface area contributed by atoms with Gasteiger partial charge >= 0.3 is 0 Å². The highest BCUT2D eigenvalue weighted by molar-refractivity contribution is 7.80. The molecule has 0 fully saturated rings. The molecule has 0 aliphatic heterocycles. The van der Waals surface area contributed by atoms with E-state index in [0.29, 0.717) is 0 Å². The molecule has 0 heterocycles. The fourth-order valence-corrected chi connectivity index (χ4v) is 0.962. The van der Waals surface area contributed by atoms with Gasteiger partial charge in [-0.15, -0.1) is 0 Å². The van der Waals surface area contributed by atoms with Crippen LogP contribution in [-0.4, -0.2) is 10.0 Å². The third kappa shape index (κ3) is 2.36. The zero-order valence-corrected chi connectivity index (χ0v) is 7.68. The van der Waals surface area contributed by atoms with Crippen molar-refractivity contribution in [3.05, 3.63) is 34.1 Å². The van der Waals surface area contributed by atoms with Crippen molar-refractivity contribution in [2.75, 3.05) is 5.32 Å². The number of nitrogens with zero attached hydrogens (tertiary/aromatic N) is 1. The summed E-state index contributed by atoms with van der Waals surface area (Å²) in [7, 11) is 0. The first-order valence-electron chi connectivity index (χ1n) is 3.51. The Morgan fingerprint density at radius 1 is 1.64 bits per heavy atom. The first-order chi connectivity index (χ1) is 6.50. The lowest BCUT2D eigenvalue weighted by Gasteiger charge is -2.03. The van der Waals surface area contributed by atoms with Crippen molar-refractivity contribution in [1.82, 2.24) is 0 Å². The number of nitro groups is 1. The molecule has 0 saturated carbocycles. The molecule has 7 heteroatoms. The number of nitro benzene ring substituents is 1. The Hall–Kier alpha value is -1.76. The fourth-order valence-electron chi connectivity index (χ4n) is 0.852. The predicted molar refractivity (Wildman–Crippen MR) is 53.5 cm³/mol. The van der Waals surface area contributed by atoms with E-state index in [-0.39, 0.29) is 16.5 Å². The van der Waals surface area contributed by atoms with Crippen LogP contribution in [0.1, 0.15) is 0 Å². The third-order valence-corrected chi connectivity index (χ3v) is 1.52. The van der Waals surface area contributed by atoms with Gasteiger partial charge in [0.2, 0.25) is 0 Å². The smallest absolute Gasteiger partial charge is 0.272 e. The summed E-state index contributed by atoms with van der Waals surface area (Å²) in [6.07, 6.45) is 0. The van der Waals surface area contributed by atoms with Gasteiger partial charge in [0.25, 0.3) is 5.69 Å². The number of non-ortho nitro benzene ring substituents is 1. The van der Waals surface area contributed by atoms with Gasteiger partial charge in [-0.3, -0.25) is 10.1 Å². The molecule has 1 aromatic rings. The molecule has 0 aliphatic rings. The molecule has 0 unspecified atom stereocenters. The maximum Gasteiger partial charge on any atom is 0.272 e. The summed E-state index contributed by atoms with van der Waals surface area (Å²) < 4.78 is 13.1. The maximum absolute atomic E-state index is 13.1. The molecular weight excluding hydrogens is 209 g/mol. The average Bonchev–Trinajstić information content (AvgIpc) is 2.07. The van der Waals surface area contributed by atoms with Gasteiger partial charge in [0.15, 0.2) is 10.9 Å². The first-order valence-corrected chi connectivity index (χ1v) is 3.92. The van der Waals surface area contributed by atoms with Crippen LogP contribution in [0.2, 0.25) is 0 Å². The highest BCUT2D eigenvalue weighted by Gasteiger charge is 2.10. The summed E-state index contributed by atoms with van der Waals surface area (Å²) in [6, 6.07) is 3.15. The SMILES string of the molecule is NC(=S)Nc1ccc([N+](=O)[O-])cc1F. The summed E-state index contributed by atoms with van der Waals surface area (Å²) in [4.78, 5) is 9.57. The standard InChI is InChI=1S/C7H6FN3O2S/c8-5-3-4(11(12)13)1-2-6(5)10-7(9)14/h1-3H,(H3,9,10,14). The summed E-state index contributed by atoms with van der Waals surface area (Å²) >= 11 is 4.49. The van der Waals surface area contributed by atoms with Gasteiger partial charge in [0.05, 0.1) is 16.7 Å². The van der Waals surface area contributed by atoms with Crippen molar-refractivity contribution in [1.29, 1.82) is 0 Å². The van der Waals surface area contributed by atoms with E-state index in [4.69, 9.17) is 5.73 Å². The van der Waals surface area contributed by atoms with Crippen molar-refractivity contribution < 1.29 is 9.31 Å². The highest BCUT2D eigenvalue weighted by Crippen LogP contribution is 2.19. The summed E-state index contributed by atoms with van der Waals surface area (Å²) in [5.74, 6) is -0.771. The minimum atomic E-state index is -0.771. The van der Waals surface area contributed by atoms with Crippen molar-refractivity contribution in [2.45, 2.75) is 0 Å². The second-order valence-electron chi connectivity index (χ2n) is 2.41. The zero-order valence-electron chi connectivity index (χ0n) is 6.86. The number of anilines is 1. The van der Waals surface area contributed by atoms with Gasteiger partial charge in [0.1, 0.15) is 0 Å². The normalized spacial score (nSPS) is 9.50. The van der Waals surface area contributed by atoms with Crippen LogP contribution in [0.4, 0.5) is 15.8 Å². The number of hydrogen-bond acceptors (Lipinski definition) is 3. The van der Waals surface area contributed by atoms with Crippen molar-refractivity contribution >= 4 is 28.7 Å².